The molecule has 0 aliphatic carbocycles. The van der Waals surface area contributed by atoms with Crippen LogP contribution in [0, 0.1) is 5.82 Å². The zero-order valence-electron chi connectivity index (χ0n) is 13.4. The maximum atomic E-state index is 13.8. The van der Waals surface area contributed by atoms with E-state index in [1.807, 2.05) is 21.6 Å². The second kappa shape index (κ2) is 7.38. The quantitative estimate of drug-likeness (QED) is 0.899. The number of hydrogen-bond donors (Lipinski definition) is 1. The van der Waals surface area contributed by atoms with Crippen LogP contribution in [0.1, 0.15) is 19.8 Å². The molecule has 2 atom stereocenters. The SMILES string of the molecule is C[C@H]1CCSCCN1C(=O)N[C@H]1CCN(c2ncccc2F)C1. The Morgan fingerprint density at radius 3 is 3.09 bits per heavy atom. The number of carbonyl (C=O) groups is 1. The average Bonchev–Trinajstić information content (AvgIpc) is 2.88. The molecule has 2 aliphatic rings. The summed E-state index contributed by atoms with van der Waals surface area (Å²) < 4.78 is 13.8. The highest BCUT2D eigenvalue weighted by atomic mass is 32.2. The number of aromatic nitrogens is 1. The lowest BCUT2D eigenvalue weighted by Crippen LogP contribution is -2.49. The van der Waals surface area contributed by atoms with E-state index < -0.39 is 0 Å². The van der Waals surface area contributed by atoms with Crippen molar-refractivity contribution in [1.82, 2.24) is 15.2 Å². The Morgan fingerprint density at radius 1 is 1.39 bits per heavy atom. The molecular weight excluding hydrogens is 315 g/mol. The second-order valence-electron chi connectivity index (χ2n) is 6.13. The fraction of sp³-hybridized carbons (Fsp3) is 0.625. The fourth-order valence-electron chi connectivity index (χ4n) is 3.13. The maximum absolute atomic E-state index is 13.8. The van der Waals surface area contributed by atoms with Crippen molar-refractivity contribution in [3.63, 3.8) is 0 Å². The van der Waals surface area contributed by atoms with Gasteiger partial charge in [-0.3, -0.25) is 0 Å². The van der Waals surface area contributed by atoms with Gasteiger partial charge in [-0.25, -0.2) is 14.2 Å². The molecule has 0 spiro atoms. The number of pyridine rings is 1. The predicted octanol–water partition coefficient (Wildman–Crippen LogP) is 2.34. The van der Waals surface area contributed by atoms with Crippen molar-refractivity contribution in [3.05, 3.63) is 24.1 Å². The van der Waals surface area contributed by atoms with Crippen LogP contribution in [0.4, 0.5) is 15.0 Å². The summed E-state index contributed by atoms with van der Waals surface area (Å²) in [4.78, 5) is 20.5. The Kier molecular flexibility index (Phi) is 5.25. The molecule has 0 bridgehead atoms. The maximum Gasteiger partial charge on any atom is 0.317 e. The van der Waals surface area contributed by atoms with Gasteiger partial charge in [-0.1, -0.05) is 0 Å². The van der Waals surface area contributed by atoms with E-state index in [1.54, 1.807) is 12.3 Å². The normalized spacial score (nSPS) is 25.3. The first-order valence-electron chi connectivity index (χ1n) is 8.15. The molecule has 1 aromatic rings. The van der Waals surface area contributed by atoms with Crippen molar-refractivity contribution in [2.45, 2.75) is 31.8 Å². The van der Waals surface area contributed by atoms with Gasteiger partial charge < -0.3 is 15.1 Å². The highest BCUT2D eigenvalue weighted by molar-refractivity contribution is 7.99. The molecule has 23 heavy (non-hydrogen) atoms. The molecule has 0 aromatic carbocycles. The molecule has 1 N–H and O–H groups in total. The highest BCUT2D eigenvalue weighted by Gasteiger charge is 2.29. The van der Waals surface area contributed by atoms with Gasteiger partial charge in [0.1, 0.15) is 0 Å². The number of thioether (sulfide) groups is 1. The molecule has 2 fully saturated rings. The molecule has 5 nitrogen and oxygen atoms in total. The molecular formula is C16H23FN4OS. The molecule has 2 aliphatic heterocycles. The highest BCUT2D eigenvalue weighted by Crippen LogP contribution is 2.21. The van der Waals surface area contributed by atoms with Crippen LogP contribution in [-0.2, 0) is 0 Å². The molecule has 7 heteroatoms. The third-order valence-corrected chi connectivity index (χ3v) is 5.50. The van der Waals surface area contributed by atoms with Crippen molar-refractivity contribution in [1.29, 1.82) is 0 Å². The molecule has 0 saturated carbocycles. The van der Waals surface area contributed by atoms with E-state index >= 15 is 0 Å². The summed E-state index contributed by atoms with van der Waals surface area (Å²) in [5, 5.41) is 3.11. The largest absolute Gasteiger partial charge is 0.352 e. The summed E-state index contributed by atoms with van der Waals surface area (Å²) in [5.41, 5.74) is 0. The summed E-state index contributed by atoms with van der Waals surface area (Å²) in [6.07, 6.45) is 3.45. The molecule has 2 amide bonds. The van der Waals surface area contributed by atoms with Crippen molar-refractivity contribution < 1.29 is 9.18 Å². The monoisotopic (exact) mass is 338 g/mol. The Morgan fingerprint density at radius 2 is 2.26 bits per heavy atom. The van der Waals surface area contributed by atoms with E-state index in [9.17, 15) is 9.18 Å². The molecule has 126 valence electrons. The van der Waals surface area contributed by atoms with Crippen LogP contribution in [-0.4, -0.2) is 59.1 Å². The predicted molar refractivity (Wildman–Crippen MR) is 91.5 cm³/mol. The molecule has 2 saturated heterocycles. The Balaban J connectivity index is 1.57. The third kappa shape index (κ3) is 3.88. The number of nitrogens with one attached hydrogen (secondary N) is 1. The average molecular weight is 338 g/mol. The van der Waals surface area contributed by atoms with Crippen LogP contribution >= 0.6 is 11.8 Å². The van der Waals surface area contributed by atoms with Gasteiger partial charge in [0.05, 0.1) is 0 Å². The van der Waals surface area contributed by atoms with Gasteiger partial charge >= 0.3 is 6.03 Å². The lowest BCUT2D eigenvalue weighted by molar-refractivity contribution is 0.180. The number of rotatable bonds is 2. The van der Waals surface area contributed by atoms with Crippen molar-refractivity contribution in [2.24, 2.45) is 0 Å². The minimum Gasteiger partial charge on any atom is -0.352 e. The number of halogens is 1. The van der Waals surface area contributed by atoms with Gasteiger partial charge in [-0.15, -0.1) is 0 Å². The first-order valence-corrected chi connectivity index (χ1v) is 9.31. The fourth-order valence-corrected chi connectivity index (χ4v) is 4.17. The van der Waals surface area contributed by atoms with Crippen molar-refractivity contribution in [2.75, 3.05) is 36.0 Å². The van der Waals surface area contributed by atoms with Gasteiger partial charge in [0.25, 0.3) is 0 Å². The van der Waals surface area contributed by atoms with Crippen LogP contribution in [0.5, 0.6) is 0 Å². The van der Waals surface area contributed by atoms with Gasteiger partial charge in [0, 0.05) is 43.7 Å². The van der Waals surface area contributed by atoms with Gasteiger partial charge in [-0.05, 0) is 37.7 Å². The summed E-state index contributed by atoms with van der Waals surface area (Å²) in [6.45, 7) is 4.22. The van der Waals surface area contributed by atoms with E-state index in [4.69, 9.17) is 0 Å². The first-order chi connectivity index (χ1) is 11.1. The number of urea groups is 1. The second-order valence-corrected chi connectivity index (χ2v) is 7.36. The minimum atomic E-state index is -0.308. The topological polar surface area (TPSA) is 48.5 Å². The van der Waals surface area contributed by atoms with Crippen LogP contribution < -0.4 is 10.2 Å². The summed E-state index contributed by atoms with van der Waals surface area (Å²) >= 11 is 1.90. The zero-order chi connectivity index (χ0) is 16.2. The van der Waals surface area contributed by atoms with Crippen LogP contribution in [0.3, 0.4) is 0 Å². The lowest BCUT2D eigenvalue weighted by Gasteiger charge is -2.28. The summed E-state index contributed by atoms with van der Waals surface area (Å²) in [5.74, 6) is 2.18. The van der Waals surface area contributed by atoms with Gasteiger partial charge in [-0.2, -0.15) is 11.8 Å². The summed E-state index contributed by atoms with van der Waals surface area (Å²) in [6, 6.07) is 3.34. The van der Waals surface area contributed by atoms with E-state index in [1.165, 1.54) is 6.07 Å². The van der Waals surface area contributed by atoms with E-state index in [-0.39, 0.29) is 23.9 Å². The van der Waals surface area contributed by atoms with Crippen LogP contribution in [0.15, 0.2) is 18.3 Å². The number of carbonyl (C=O) groups excluding carboxylic acids is 1. The number of hydrogen-bond acceptors (Lipinski definition) is 4. The standard InChI is InChI=1S/C16H23FN4OS/c1-12-5-9-23-10-8-21(12)16(22)19-13-4-7-20(11-13)15-14(17)3-2-6-18-15/h2-3,6,12-13H,4-5,7-11H2,1H3,(H,19,22)/t12-,13-/m0/s1. The Labute approximate surface area is 140 Å². The Bertz CT molecular complexity index is 559. The smallest absolute Gasteiger partial charge is 0.317 e. The van der Waals surface area contributed by atoms with Gasteiger partial charge in [0.15, 0.2) is 11.6 Å². The third-order valence-electron chi connectivity index (χ3n) is 4.50. The van der Waals surface area contributed by atoms with E-state index in [0.717, 1.165) is 30.9 Å². The Hall–Kier alpha value is -1.50. The van der Waals surface area contributed by atoms with Crippen molar-refractivity contribution >= 4 is 23.6 Å². The first kappa shape index (κ1) is 16.4. The van der Waals surface area contributed by atoms with Crippen LogP contribution in [0.2, 0.25) is 0 Å². The molecule has 1 aromatic heterocycles. The summed E-state index contributed by atoms with van der Waals surface area (Å²) in [7, 11) is 0. The van der Waals surface area contributed by atoms with Gasteiger partial charge in [0.2, 0.25) is 0 Å². The van der Waals surface area contributed by atoms with Crippen molar-refractivity contribution in [3.8, 4) is 0 Å². The minimum absolute atomic E-state index is 0.00772. The lowest BCUT2D eigenvalue weighted by atomic mass is 10.2. The molecule has 0 unspecified atom stereocenters. The molecule has 0 radical (unpaired) electrons. The van der Waals surface area contributed by atoms with E-state index in [2.05, 4.69) is 17.2 Å². The number of amides is 2. The van der Waals surface area contributed by atoms with E-state index in [0.29, 0.717) is 18.9 Å². The molecule has 3 rings (SSSR count). The zero-order valence-corrected chi connectivity index (χ0v) is 14.2. The molecule has 3 heterocycles. The van der Waals surface area contributed by atoms with Crippen LogP contribution in [0.25, 0.3) is 0 Å². The number of nitrogens with zero attached hydrogens (tertiary/aromatic N) is 3. The number of anilines is 1.